The van der Waals surface area contributed by atoms with Gasteiger partial charge in [-0.15, -0.1) is 0 Å². The van der Waals surface area contributed by atoms with Crippen molar-refractivity contribution in [3.63, 3.8) is 0 Å². The van der Waals surface area contributed by atoms with E-state index in [0.717, 1.165) is 25.1 Å². The maximum absolute atomic E-state index is 13.0. The summed E-state index contributed by atoms with van der Waals surface area (Å²) in [6, 6.07) is 17.0. The summed E-state index contributed by atoms with van der Waals surface area (Å²) in [5, 5.41) is 6.65. The molecule has 6 heteroatoms. The third kappa shape index (κ3) is 6.58. The first-order chi connectivity index (χ1) is 16.1. The standard InChI is InChI=1S/C27H34ClN3O2/c28-24-15-9-8-14-23(24)27(33)30-25(20-10-4-3-5-11-20)18-26(32)29-21-16-17-31(19-21)22-12-6-1-2-7-13-22/h3-5,8-11,14-15,21-22,25H,1-2,6-7,12-13,16-19H2,(H,29,32)(H,30,33)/t21-,25-/m1/s1. The Morgan fingerprint density at radius 3 is 2.36 bits per heavy atom. The van der Waals surface area contributed by atoms with Crippen LogP contribution in [0.4, 0.5) is 0 Å². The Morgan fingerprint density at radius 1 is 0.939 bits per heavy atom. The second-order valence-electron chi connectivity index (χ2n) is 9.31. The van der Waals surface area contributed by atoms with Gasteiger partial charge in [0, 0.05) is 25.2 Å². The molecule has 2 fully saturated rings. The van der Waals surface area contributed by atoms with Gasteiger partial charge >= 0.3 is 0 Å². The maximum atomic E-state index is 13.0. The number of hydrogen-bond donors (Lipinski definition) is 2. The molecular weight excluding hydrogens is 434 g/mol. The van der Waals surface area contributed by atoms with Gasteiger partial charge in [-0.3, -0.25) is 14.5 Å². The average Bonchev–Trinajstić information content (AvgIpc) is 3.11. The summed E-state index contributed by atoms with van der Waals surface area (Å²) in [6.45, 7) is 1.99. The fourth-order valence-electron chi connectivity index (χ4n) is 5.15. The minimum Gasteiger partial charge on any atom is -0.352 e. The summed E-state index contributed by atoms with van der Waals surface area (Å²) in [7, 11) is 0. The van der Waals surface area contributed by atoms with Gasteiger partial charge in [0.25, 0.3) is 5.91 Å². The van der Waals surface area contributed by atoms with Crippen molar-refractivity contribution in [2.75, 3.05) is 13.1 Å². The number of halogens is 1. The molecule has 1 aliphatic heterocycles. The number of nitrogens with one attached hydrogen (secondary N) is 2. The van der Waals surface area contributed by atoms with Gasteiger partial charge in [-0.2, -0.15) is 0 Å². The van der Waals surface area contributed by atoms with Crippen molar-refractivity contribution in [1.82, 2.24) is 15.5 Å². The van der Waals surface area contributed by atoms with Gasteiger partial charge in [0.2, 0.25) is 5.91 Å². The molecule has 2 amide bonds. The topological polar surface area (TPSA) is 61.4 Å². The minimum absolute atomic E-state index is 0.0315. The maximum Gasteiger partial charge on any atom is 0.253 e. The van der Waals surface area contributed by atoms with Crippen LogP contribution in [0, 0.1) is 0 Å². The van der Waals surface area contributed by atoms with Crippen LogP contribution in [0.1, 0.15) is 73.3 Å². The van der Waals surface area contributed by atoms with E-state index >= 15 is 0 Å². The van der Waals surface area contributed by atoms with E-state index in [1.165, 1.54) is 38.5 Å². The molecule has 2 aliphatic rings. The normalized spacial score (nSPS) is 20.7. The minimum atomic E-state index is -0.422. The van der Waals surface area contributed by atoms with E-state index < -0.39 is 6.04 Å². The molecule has 33 heavy (non-hydrogen) atoms. The van der Waals surface area contributed by atoms with Crippen LogP contribution in [-0.2, 0) is 4.79 Å². The molecular formula is C27H34ClN3O2. The van der Waals surface area contributed by atoms with Crippen LogP contribution in [0.15, 0.2) is 54.6 Å². The molecule has 1 aliphatic carbocycles. The summed E-state index contributed by atoms with van der Waals surface area (Å²) in [5.41, 5.74) is 1.31. The highest BCUT2D eigenvalue weighted by Crippen LogP contribution is 2.25. The number of carbonyl (C=O) groups excluding carboxylic acids is 2. The Labute approximate surface area is 201 Å². The lowest BCUT2D eigenvalue weighted by atomic mass is 10.0. The summed E-state index contributed by atoms with van der Waals surface area (Å²) in [6.07, 6.45) is 9.10. The van der Waals surface area contributed by atoms with E-state index in [4.69, 9.17) is 11.6 Å². The first kappa shape index (κ1) is 23.8. The van der Waals surface area contributed by atoms with Crippen LogP contribution in [0.5, 0.6) is 0 Å². The van der Waals surface area contributed by atoms with Crippen molar-refractivity contribution >= 4 is 23.4 Å². The average molecular weight is 468 g/mol. The number of hydrogen-bond acceptors (Lipinski definition) is 3. The third-order valence-corrected chi connectivity index (χ3v) is 7.27. The van der Waals surface area contributed by atoms with E-state index in [0.29, 0.717) is 16.6 Å². The number of benzene rings is 2. The second kappa shape index (κ2) is 11.7. The summed E-state index contributed by atoms with van der Waals surface area (Å²) < 4.78 is 0. The van der Waals surface area contributed by atoms with Crippen LogP contribution in [0.2, 0.25) is 5.02 Å². The van der Waals surface area contributed by atoms with E-state index in [2.05, 4.69) is 15.5 Å². The highest BCUT2D eigenvalue weighted by atomic mass is 35.5. The van der Waals surface area contributed by atoms with Crippen LogP contribution in [0.3, 0.4) is 0 Å². The van der Waals surface area contributed by atoms with Gasteiger partial charge in [-0.1, -0.05) is 79.7 Å². The molecule has 5 nitrogen and oxygen atoms in total. The lowest BCUT2D eigenvalue weighted by Gasteiger charge is -2.27. The molecule has 2 atom stereocenters. The van der Waals surface area contributed by atoms with Crippen LogP contribution in [0.25, 0.3) is 0 Å². The first-order valence-corrected chi connectivity index (χ1v) is 12.6. The summed E-state index contributed by atoms with van der Waals surface area (Å²) >= 11 is 6.21. The highest BCUT2D eigenvalue weighted by molar-refractivity contribution is 6.33. The fourth-order valence-corrected chi connectivity index (χ4v) is 5.37. The molecule has 2 aromatic carbocycles. The van der Waals surface area contributed by atoms with Crippen molar-refractivity contribution in [2.45, 2.75) is 69.5 Å². The molecule has 1 saturated heterocycles. The van der Waals surface area contributed by atoms with Gasteiger partial charge in [0.05, 0.1) is 23.0 Å². The van der Waals surface area contributed by atoms with Gasteiger partial charge in [-0.05, 0) is 37.0 Å². The predicted molar refractivity (Wildman–Crippen MR) is 132 cm³/mol. The molecule has 4 rings (SSSR count). The summed E-state index contributed by atoms with van der Waals surface area (Å²) in [5.74, 6) is -0.307. The molecule has 2 aromatic rings. The largest absolute Gasteiger partial charge is 0.352 e. The fraction of sp³-hybridized carbons (Fsp3) is 0.481. The molecule has 0 unspecified atom stereocenters. The van der Waals surface area contributed by atoms with Crippen molar-refractivity contribution < 1.29 is 9.59 Å². The zero-order valence-electron chi connectivity index (χ0n) is 19.1. The highest BCUT2D eigenvalue weighted by Gasteiger charge is 2.30. The van der Waals surface area contributed by atoms with Crippen molar-refractivity contribution in [2.24, 2.45) is 0 Å². The van der Waals surface area contributed by atoms with E-state index in [1.807, 2.05) is 30.3 Å². The molecule has 0 bridgehead atoms. The molecule has 176 valence electrons. The Hall–Kier alpha value is -2.37. The molecule has 2 N–H and O–H groups in total. The molecule has 1 saturated carbocycles. The van der Waals surface area contributed by atoms with Crippen molar-refractivity contribution in [3.05, 3.63) is 70.7 Å². The van der Waals surface area contributed by atoms with Gasteiger partial charge in [-0.25, -0.2) is 0 Å². The zero-order chi connectivity index (χ0) is 23.0. The third-order valence-electron chi connectivity index (χ3n) is 6.94. The first-order valence-electron chi connectivity index (χ1n) is 12.2. The lowest BCUT2D eigenvalue weighted by molar-refractivity contribution is -0.122. The zero-order valence-corrected chi connectivity index (χ0v) is 19.9. The molecule has 1 heterocycles. The molecule has 0 spiro atoms. The van der Waals surface area contributed by atoms with Crippen molar-refractivity contribution in [1.29, 1.82) is 0 Å². The van der Waals surface area contributed by atoms with Crippen LogP contribution in [-0.4, -0.2) is 41.9 Å². The molecule has 0 radical (unpaired) electrons. The number of rotatable bonds is 7. The van der Waals surface area contributed by atoms with Gasteiger partial charge in [0.15, 0.2) is 0 Å². The number of carbonyl (C=O) groups is 2. The Kier molecular flexibility index (Phi) is 8.40. The SMILES string of the molecule is O=C(C[C@@H](NC(=O)c1ccccc1Cl)c1ccccc1)N[C@@H]1CCN(C2CCCCCC2)C1. The van der Waals surface area contributed by atoms with Crippen molar-refractivity contribution in [3.8, 4) is 0 Å². The van der Waals surface area contributed by atoms with Gasteiger partial charge < -0.3 is 10.6 Å². The monoisotopic (exact) mass is 467 g/mol. The van der Waals surface area contributed by atoms with Crippen LogP contribution < -0.4 is 10.6 Å². The van der Waals surface area contributed by atoms with Gasteiger partial charge in [0.1, 0.15) is 0 Å². The number of nitrogens with zero attached hydrogens (tertiary/aromatic N) is 1. The smallest absolute Gasteiger partial charge is 0.253 e. The number of amides is 2. The number of likely N-dealkylation sites (tertiary alicyclic amines) is 1. The summed E-state index contributed by atoms with van der Waals surface area (Å²) in [4.78, 5) is 28.5. The van der Waals surface area contributed by atoms with E-state index in [1.54, 1.807) is 24.3 Å². The van der Waals surface area contributed by atoms with E-state index in [9.17, 15) is 9.59 Å². The molecule has 0 aromatic heterocycles. The van der Waals surface area contributed by atoms with Crippen LogP contribution >= 0.6 is 11.6 Å². The second-order valence-corrected chi connectivity index (χ2v) is 9.72. The Balaban J connectivity index is 1.36. The Bertz CT molecular complexity index is 928. The predicted octanol–water partition coefficient (Wildman–Crippen LogP) is 5.11. The quantitative estimate of drug-likeness (QED) is 0.556. The Morgan fingerprint density at radius 2 is 1.64 bits per heavy atom. The van der Waals surface area contributed by atoms with E-state index in [-0.39, 0.29) is 24.3 Å². The lowest BCUT2D eigenvalue weighted by Crippen LogP contribution is -2.41.